The van der Waals surface area contributed by atoms with Crippen molar-refractivity contribution in [3.63, 3.8) is 0 Å². The Morgan fingerprint density at radius 2 is 1.62 bits per heavy atom. The van der Waals surface area contributed by atoms with Crippen LogP contribution in [0.2, 0.25) is 0 Å². The molecule has 5 aromatic rings. The molecule has 2 atom stereocenters. The van der Waals surface area contributed by atoms with Crippen molar-refractivity contribution in [2.45, 2.75) is 91.2 Å². The summed E-state index contributed by atoms with van der Waals surface area (Å²) >= 11 is 0. The van der Waals surface area contributed by atoms with E-state index in [1.54, 1.807) is 7.11 Å². The van der Waals surface area contributed by atoms with Gasteiger partial charge in [0, 0.05) is 31.9 Å². The summed E-state index contributed by atoms with van der Waals surface area (Å²) < 4.78 is 14.9. The van der Waals surface area contributed by atoms with E-state index in [1.807, 2.05) is 0 Å². The van der Waals surface area contributed by atoms with Gasteiger partial charge < -0.3 is 14.3 Å². The molecule has 220 valence electrons. The number of aliphatic hydroxyl groups excluding tert-OH is 1. The van der Waals surface area contributed by atoms with Gasteiger partial charge in [0.2, 0.25) is 16.6 Å². The van der Waals surface area contributed by atoms with E-state index < -0.39 is 17.1 Å². The first-order valence-corrected chi connectivity index (χ1v) is 15.4. The van der Waals surface area contributed by atoms with Gasteiger partial charge in [-0.15, -0.1) is 0 Å². The monoisotopic (exact) mass is 564 g/mol. The zero-order chi connectivity index (χ0) is 30.4. The molecule has 0 spiro atoms. The molecule has 2 unspecified atom stereocenters. The molecule has 1 aliphatic rings. The molecule has 0 saturated heterocycles. The Bertz CT molecular complexity index is 1850. The Balaban J connectivity index is 1.92. The third-order valence-corrected chi connectivity index (χ3v) is 9.95. The first-order chi connectivity index (χ1) is 19.7. The number of furan rings is 1. The van der Waals surface area contributed by atoms with Crippen molar-refractivity contribution >= 4 is 32.6 Å². The van der Waals surface area contributed by atoms with Crippen LogP contribution in [0.25, 0.3) is 43.9 Å². The molecule has 3 heterocycles. The lowest BCUT2D eigenvalue weighted by Gasteiger charge is -2.47. The molecule has 42 heavy (non-hydrogen) atoms. The van der Waals surface area contributed by atoms with Crippen molar-refractivity contribution in [2.24, 2.45) is 5.92 Å². The van der Waals surface area contributed by atoms with Crippen LogP contribution in [-0.4, -0.2) is 24.9 Å². The Labute approximate surface area is 250 Å². The fourth-order valence-electron chi connectivity index (χ4n) is 7.60. The molecule has 0 fully saturated rings. The average molecular weight is 565 g/mol. The summed E-state index contributed by atoms with van der Waals surface area (Å²) in [7, 11) is 1.67. The Hall–Kier alpha value is -3.21. The van der Waals surface area contributed by atoms with Gasteiger partial charge in [-0.1, -0.05) is 70.5 Å². The molecule has 4 heteroatoms. The number of aromatic nitrogens is 1. The van der Waals surface area contributed by atoms with E-state index in [4.69, 9.17) is 9.15 Å². The van der Waals surface area contributed by atoms with Gasteiger partial charge in [0.15, 0.2) is 0 Å². The summed E-state index contributed by atoms with van der Waals surface area (Å²) in [5.41, 5.74) is 6.67. The Morgan fingerprint density at radius 1 is 0.929 bits per heavy atom. The lowest BCUT2D eigenvalue weighted by molar-refractivity contribution is -0.750. The minimum absolute atomic E-state index is 0.0705. The van der Waals surface area contributed by atoms with Crippen LogP contribution in [0.3, 0.4) is 0 Å². The highest BCUT2D eigenvalue weighted by Gasteiger charge is 2.62. The number of hydrogen-bond acceptors (Lipinski definition) is 3. The third kappa shape index (κ3) is 3.98. The van der Waals surface area contributed by atoms with Crippen LogP contribution in [0.5, 0.6) is 0 Å². The minimum atomic E-state index is -0.775. The summed E-state index contributed by atoms with van der Waals surface area (Å²) in [5.74, 6) is 1.47. The molecular weight excluding hydrogens is 518 g/mol. The molecule has 6 rings (SSSR count). The van der Waals surface area contributed by atoms with Crippen molar-refractivity contribution in [3.05, 3.63) is 77.0 Å². The second kappa shape index (κ2) is 9.65. The van der Waals surface area contributed by atoms with Crippen molar-refractivity contribution in [2.75, 3.05) is 13.7 Å². The van der Waals surface area contributed by atoms with Crippen molar-refractivity contribution in [1.82, 2.24) is 0 Å². The van der Waals surface area contributed by atoms with Gasteiger partial charge in [-0.05, 0) is 72.2 Å². The number of nitrogens with zero attached hydrogens (tertiary/aromatic N) is 1. The smallest absolute Gasteiger partial charge is 0.257 e. The Kier molecular flexibility index (Phi) is 6.64. The van der Waals surface area contributed by atoms with E-state index in [2.05, 4.69) is 121 Å². The highest BCUT2D eigenvalue weighted by molar-refractivity contribution is 6.09. The second-order valence-electron chi connectivity index (χ2n) is 14.6. The molecular formula is C38H46NO3+. The highest BCUT2D eigenvalue weighted by Crippen LogP contribution is 2.54. The normalized spacial score (nSPS) is 19.0. The lowest BCUT2D eigenvalue weighted by atomic mass is 9.60. The van der Waals surface area contributed by atoms with E-state index in [0.717, 1.165) is 39.7 Å². The maximum atomic E-state index is 12.1. The number of aryl methyl sites for hydroxylation is 1. The van der Waals surface area contributed by atoms with Gasteiger partial charge in [0.05, 0.1) is 23.0 Å². The van der Waals surface area contributed by atoms with Crippen molar-refractivity contribution in [3.8, 4) is 11.3 Å². The zero-order valence-corrected chi connectivity index (χ0v) is 27.0. The van der Waals surface area contributed by atoms with Gasteiger partial charge in [-0.25, -0.2) is 0 Å². The predicted octanol–water partition coefficient (Wildman–Crippen LogP) is 8.51. The molecule has 0 amide bonds. The number of aliphatic hydroxyl groups is 1. The molecule has 0 aliphatic carbocycles. The maximum absolute atomic E-state index is 12.1. The zero-order valence-electron chi connectivity index (χ0n) is 27.0. The number of methoxy groups -OCH3 is 1. The van der Waals surface area contributed by atoms with Crippen LogP contribution in [0.4, 0.5) is 0 Å². The van der Waals surface area contributed by atoms with E-state index >= 15 is 0 Å². The fourth-order valence-corrected chi connectivity index (χ4v) is 7.60. The SMILES string of the molecule is COCC(O)C1(C)[n+]2c(c3oc(CC(C)C)cc3c3cc(C)ccc32)-c2cc(C(C)(C)C)c3ccccc3c2C1(C)C. The maximum Gasteiger partial charge on any atom is 0.257 e. The van der Waals surface area contributed by atoms with E-state index in [0.29, 0.717) is 5.92 Å². The second-order valence-corrected chi connectivity index (χ2v) is 14.6. The molecule has 4 nitrogen and oxygen atoms in total. The first kappa shape index (κ1) is 28.9. The first-order valence-electron chi connectivity index (χ1n) is 15.4. The lowest BCUT2D eigenvalue weighted by Crippen LogP contribution is -2.73. The number of rotatable bonds is 5. The average Bonchev–Trinajstić information content (AvgIpc) is 3.32. The van der Waals surface area contributed by atoms with Crippen LogP contribution in [0, 0.1) is 12.8 Å². The Morgan fingerprint density at radius 3 is 2.26 bits per heavy atom. The standard InChI is InChI=1S/C38H46NO3/c1-22(2)17-24-19-28-27-18-23(3)15-16-31(27)39-34(35(28)42-24)29-20-30(36(4,5)6)25-13-11-12-14-26(25)33(29)37(7,8)38(39,9)32(40)21-41-10/h11-16,18-20,22,32,40H,17,21H2,1-10H3/q+1. The molecule has 2 aromatic heterocycles. The summed E-state index contributed by atoms with van der Waals surface area (Å²) in [4.78, 5) is 0. The fraction of sp³-hybridized carbons (Fsp3) is 0.447. The van der Waals surface area contributed by atoms with Gasteiger partial charge in [-0.3, -0.25) is 0 Å². The molecule has 1 N–H and O–H groups in total. The summed E-state index contributed by atoms with van der Waals surface area (Å²) in [6.07, 6.45) is 0.0939. The number of hydrogen-bond donors (Lipinski definition) is 1. The predicted molar refractivity (Wildman–Crippen MR) is 173 cm³/mol. The number of benzene rings is 3. The van der Waals surface area contributed by atoms with Crippen molar-refractivity contribution in [1.29, 1.82) is 0 Å². The molecule has 0 bridgehead atoms. The number of pyridine rings is 1. The van der Waals surface area contributed by atoms with E-state index in [1.165, 1.54) is 33.0 Å². The molecule has 0 radical (unpaired) electrons. The highest BCUT2D eigenvalue weighted by atomic mass is 16.5. The van der Waals surface area contributed by atoms with Gasteiger partial charge in [0.1, 0.15) is 11.9 Å². The van der Waals surface area contributed by atoms with E-state index in [-0.39, 0.29) is 12.0 Å². The molecule has 0 saturated carbocycles. The van der Waals surface area contributed by atoms with Crippen LogP contribution in [0.15, 0.2) is 59.0 Å². The number of fused-ring (bicyclic) bond motifs is 10. The summed E-state index contributed by atoms with van der Waals surface area (Å²) in [5, 5.41) is 16.9. The van der Waals surface area contributed by atoms with E-state index in [9.17, 15) is 5.11 Å². The minimum Gasteiger partial charge on any atom is -0.454 e. The van der Waals surface area contributed by atoms with Crippen LogP contribution in [0.1, 0.15) is 77.8 Å². The quantitative estimate of drug-likeness (QED) is 0.218. The third-order valence-electron chi connectivity index (χ3n) is 9.95. The van der Waals surface area contributed by atoms with Crippen LogP contribution in [-0.2, 0) is 27.5 Å². The van der Waals surface area contributed by atoms with Gasteiger partial charge in [0.25, 0.3) is 5.69 Å². The largest absolute Gasteiger partial charge is 0.454 e. The van der Waals surface area contributed by atoms with Crippen LogP contribution >= 0.6 is 0 Å². The number of ether oxygens (including phenoxy) is 1. The summed E-state index contributed by atoms with van der Waals surface area (Å²) in [6, 6.07) is 20.2. The molecule has 3 aromatic carbocycles. The topological polar surface area (TPSA) is 46.5 Å². The van der Waals surface area contributed by atoms with Crippen LogP contribution < -0.4 is 4.57 Å². The summed E-state index contributed by atoms with van der Waals surface area (Å²) in [6.45, 7) is 20.5. The molecule has 1 aliphatic heterocycles. The van der Waals surface area contributed by atoms with Gasteiger partial charge in [-0.2, -0.15) is 4.57 Å². The van der Waals surface area contributed by atoms with Gasteiger partial charge >= 0.3 is 0 Å². The van der Waals surface area contributed by atoms with Crippen molar-refractivity contribution < 1.29 is 18.8 Å².